The molecule has 0 atom stereocenters. The van der Waals surface area contributed by atoms with Gasteiger partial charge in [-0.15, -0.1) is 0 Å². The van der Waals surface area contributed by atoms with Crippen molar-refractivity contribution in [3.05, 3.63) is 48.5 Å². The quantitative estimate of drug-likeness (QED) is 0.501. The number of carbonyl (C=O) groups excluding carboxylic acids is 2. The molecule has 2 aromatic rings. The molecule has 0 aromatic heterocycles. The van der Waals surface area contributed by atoms with Gasteiger partial charge in [-0.05, 0) is 24.3 Å². The van der Waals surface area contributed by atoms with Crippen molar-refractivity contribution in [2.75, 3.05) is 36.4 Å². The average molecular weight is 393 g/mol. The van der Waals surface area contributed by atoms with E-state index in [0.717, 1.165) is 0 Å². The zero-order valence-corrected chi connectivity index (χ0v) is 16.1. The Kier molecular flexibility index (Phi) is 8.17. The first kappa shape index (κ1) is 20.0. The van der Waals surface area contributed by atoms with Crippen LogP contribution < -0.4 is 20.1 Å². The summed E-state index contributed by atoms with van der Waals surface area (Å²) in [7, 11) is 5.80. The van der Waals surface area contributed by atoms with Crippen LogP contribution >= 0.6 is 21.6 Å². The van der Waals surface area contributed by atoms with Crippen molar-refractivity contribution in [1.82, 2.24) is 0 Å². The molecule has 0 fully saturated rings. The maximum absolute atomic E-state index is 11.9. The van der Waals surface area contributed by atoms with Crippen molar-refractivity contribution < 1.29 is 19.1 Å². The summed E-state index contributed by atoms with van der Waals surface area (Å²) in [6, 6.07) is 14.3. The summed E-state index contributed by atoms with van der Waals surface area (Å²) in [6.45, 7) is 0. The van der Waals surface area contributed by atoms with Gasteiger partial charge >= 0.3 is 0 Å². The Morgan fingerprint density at radius 3 is 1.62 bits per heavy atom. The van der Waals surface area contributed by atoms with Gasteiger partial charge in [0.25, 0.3) is 0 Å². The number of carbonyl (C=O) groups is 2. The van der Waals surface area contributed by atoms with E-state index in [1.807, 2.05) is 0 Å². The molecule has 2 amide bonds. The number of amides is 2. The van der Waals surface area contributed by atoms with E-state index in [9.17, 15) is 9.59 Å². The maximum atomic E-state index is 11.9. The van der Waals surface area contributed by atoms with Crippen molar-refractivity contribution in [3.8, 4) is 11.5 Å². The summed E-state index contributed by atoms with van der Waals surface area (Å²) in [6.07, 6.45) is 0. The molecular weight excluding hydrogens is 372 g/mol. The molecule has 0 unspecified atom stereocenters. The van der Waals surface area contributed by atoms with Crippen molar-refractivity contribution in [2.45, 2.75) is 0 Å². The third kappa shape index (κ3) is 6.89. The first-order chi connectivity index (χ1) is 12.6. The molecule has 0 spiro atoms. The molecule has 26 heavy (non-hydrogen) atoms. The molecule has 2 rings (SSSR count). The minimum atomic E-state index is -0.135. The van der Waals surface area contributed by atoms with Crippen LogP contribution in [0.15, 0.2) is 48.5 Å². The van der Waals surface area contributed by atoms with Crippen molar-refractivity contribution in [3.63, 3.8) is 0 Å². The zero-order chi connectivity index (χ0) is 18.8. The van der Waals surface area contributed by atoms with Gasteiger partial charge in [0.15, 0.2) is 0 Å². The number of anilines is 2. The van der Waals surface area contributed by atoms with Crippen LogP contribution in [0.25, 0.3) is 0 Å². The summed E-state index contributed by atoms with van der Waals surface area (Å²) < 4.78 is 10.2. The Balaban J connectivity index is 1.67. The molecule has 0 heterocycles. The highest BCUT2D eigenvalue weighted by atomic mass is 33.1. The number of nitrogens with one attached hydrogen (secondary N) is 2. The van der Waals surface area contributed by atoms with Gasteiger partial charge in [-0.2, -0.15) is 0 Å². The Bertz CT molecular complexity index is 692. The monoisotopic (exact) mass is 392 g/mol. The molecule has 8 heteroatoms. The molecule has 6 nitrogen and oxygen atoms in total. The van der Waals surface area contributed by atoms with Gasteiger partial charge < -0.3 is 20.1 Å². The third-order valence-corrected chi connectivity index (χ3v) is 5.30. The molecule has 0 aliphatic rings. The number of rotatable bonds is 9. The molecular formula is C18H20N2O4S2. The van der Waals surface area contributed by atoms with Crippen molar-refractivity contribution in [2.24, 2.45) is 0 Å². The molecule has 0 radical (unpaired) electrons. The van der Waals surface area contributed by atoms with Crippen LogP contribution in [-0.2, 0) is 9.59 Å². The fraction of sp³-hybridized carbons (Fsp3) is 0.222. The van der Waals surface area contributed by atoms with Crippen molar-refractivity contribution in [1.29, 1.82) is 0 Å². The lowest BCUT2D eigenvalue weighted by Crippen LogP contribution is -2.15. The van der Waals surface area contributed by atoms with Crippen LogP contribution in [0.4, 0.5) is 11.4 Å². The van der Waals surface area contributed by atoms with Crippen LogP contribution in [0.2, 0.25) is 0 Å². The molecule has 0 bridgehead atoms. The number of hydrogen-bond acceptors (Lipinski definition) is 6. The second kappa shape index (κ2) is 10.6. The lowest BCUT2D eigenvalue weighted by atomic mass is 10.3. The molecule has 2 aromatic carbocycles. The van der Waals surface area contributed by atoms with Crippen LogP contribution in [0.1, 0.15) is 0 Å². The average Bonchev–Trinajstić information content (AvgIpc) is 2.65. The minimum absolute atomic E-state index is 0.135. The first-order valence-electron chi connectivity index (χ1n) is 7.73. The van der Waals surface area contributed by atoms with Gasteiger partial charge in [-0.3, -0.25) is 9.59 Å². The summed E-state index contributed by atoms with van der Waals surface area (Å²) in [5.74, 6) is 1.58. The number of methoxy groups -OCH3 is 2. The minimum Gasteiger partial charge on any atom is -0.497 e. The van der Waals surface area contributed by atoms with E-state index in [1.165, 1.54) is 21.6 Å². The molecule has 138 valence electrons. The Morgan fingerprint density at radius 2 is 1.23 bits per heavy atom. The maximum Gasteiger partial charge on any atom is 0.235 e. The van der Waals surface area contributed by atoms with Gasteiger partial charge in [0, 0.05) is 23.5 Å². The normalized spacial score (nSPS) is 10.1. The Hall–Kier alpha value is -2.32. The van der Waals surface area contributed by atoms with E-state index in [4.69, 9.17) is 9.47 Å². The Morgan fingerprint density at radius 1 is 0.808 bits per heavy atom. The third-order valence-electron chi connectivity index (χ3n) is 3.17. The highest BCUT2D eigenvalue weighted by molar-refractivity contribution is 8.77. The molecule has 2 N–H and O–H groups in total. The largest absolute Gasteiger partial charge is 0.497 e. The van der Waals surface area contributed by atoms with Gasteiger partial charge in [0.2, 0.25) is 11.8 Å². The fourth-order valence-electron chi connectivity index (χ4n) is 1.99. The van der Waals surface area contributed by atoms with Crippen LogP contribution in [0.3, 0.4) is 0 Å². The topological polar surface area (TPSA) is 76.7 Å². The fourth-order valence-corrected chi connectivity index (χ4v) is 3.65. The second-order valence-corrected chi connectivity index (χ2v) is 7.55. The van der Waals surface area contributed by atoms with Gasteiger partial charge in [-0.25, -0.2) is 0 Å². The standard InChI is InChI=1S/C18H20N2O4S2/c1-23-15-7-3-5-13(9-15)19-17(21)11-25-26-12-18(22)20-14-6-4-8-16(10-14)24-2/h3-10H,11-12H2,1-2H3,(H,19,21)(H,20,22). The summed E-state index contributed by atoms with van der Waals surface area (Å²) in [4.78, 5) is 23.8. The number of hydrogen-bond donors (Lipinski definition) is 2. The summed E-state index contributed by atoms with van der Waals surface area (Å²) in [5, 5.41) is 5.58. The first-order valence-corrected chi connectivity index (χ1v) is 10.2. The predicted molar refractivity (Wildman–Crippen MR) is 108 cm³/mol. The van der Waals surface area contributed by atoms with Crippen LogP contribution in [0.5, 0.6) is 11.5 Å². The zero-order valence-electron chi connectivity index (χ0n) is 14.5. The summed E-state index contributed by atoms with van der Waals surface area (Å²) >= 11 is 0. The molecule has 0 saturated carbocycles. The van der Waals surface area contributed by atoms with Gasteiger partial charge in [-0.1, -0.05) is 33.7 Å². The molecule has 0 aliphatic carbocycles. The van der Waals surface area contributed by atoms with E-state index in [1.54, 1.807) is 62.8 Å². The number of ether oxygens (including phenoxy) is 2. The smallest absolute Gasteiger partial charge is 0.235 e. The van der Waals surface area contributed by atoms with Gasteiger partial charge in [0.05, 0.1) is 25.7 Å². The van der Waals surface area contributed by atoms with E-state index in [2.05, 4.69) is 10.6 Å². The van der Waals surface area contributed by atoms with E-state index in [-0.39, 0.29) is 23.3 Å². The second-order valence-electron chi connectivity index (χ2n) is 5.08. The summed E-state index contributed by atoms with van der Waals surface area (Å²) in [5.41, 5.74) is 1.35. The van der Waals surface area contributed by atoms with E-state index < -0.39 is 0 Å². The van der Waals surface area contributed by atoms with Crippen molar-refractivity contribution >= 4 is 44.8 Å². The van der Waals surface area contributed by atoms with E-state index in [0.29, 0.717) is 22.9 Å². The van der Waals surface area contributed by atoms with Gasteiger partial charge in [0.1, 0.15) is 11.5 Å². The highest BCUT2D eigenvalue weighted by Crippen LogP contribution is 2.23. The van der Waals surface area contributed by atoms with Crippen LogP contribution in [0, 0.1) is 0 Å². The molecule has 0 aliphatic heterocycles. The highest BCUT2D eigenvalue weighted by Gasteiger charge is 2.07. The number of benzene rings is 2. The SMILES string of the molecule is COc1cccc(NC(=O)CSSCC(=O)Nc2cccc(OC)c2)c1. The molecule has 0 saturated heterocycles. The van der Waals surface area contributed by atoms with Crippen LogP contribution in [-0.4, -0.2) is 37.5 Å². The lowest BCUT2D eigenvalue weighted by Gasteiger charge is -2.07. The predicted octanol–water partition coefficient (Wildman–Crippen LogP) is 3.66. The Labute approximate surface area is 160 Å². The van der Waals surface area contributed by atoms with E-state index >= 15 is 0 Å². The lowest BCUT2D eigenvalue weighted by molar-refractivity contribution is -0.114.